The highest BCUT2D eigenvalue weighted by Gasteiger charge is 2.38. The summed E-state index contributed by atoms with van der Waals surface area (Å²) in [5, 5.41) is 9.48. The van der Waals surface area contributed by atoms with Crippen LogP contribution in [0.25, 0.3) is 0 Å². The second-order valence-corrected chi connectivity index (χ2v) is 5.97. The van der Waals surface area contributed by atoms with Gasteiger partial charge in [-0.3, -0.25) is 9.59 Å². The van der Waals surface area contributed by atoms with Crippen LogP contribution < -0.4 is 0 Å². The van der Waals surface area contributed by atoms with Crippen molar-refractivity contribution in [1.82, 2.24) is 9.80 Å². The van der Waals surface area contributed by atoms with Crippen molar-refractivity contribution in [1.29, 1.82) is 0 Å². The van der Waals surface area contributed by atoms with Gasteiger partial charge in [0.05, 0.1) is 12.0 Å². The molecule has 1 aliphatic rings. The highest BCUT2D eigenvalue weighted by molar-refractivity contribution is 5.89. The molecular formula is C14H26N2O3. The lowest BCUT2D eigenvalue weighted by atomic mass is 10.1. The quantitative estimate of drug-likeness (QED) is 0.806. The van der Waals surface area contributed by atoms with E-state index in [1.54, 1.807) is 16.7 Å². The number of aliphatic hydroxyl groups is 1. The molecule has 1 heterocycles. The lowest BCUT2D eigenvalue weighted by Gasteiger charge is -2.30. The third-order valence-electron chi connectivity index (χ3n) is 3.50. The molecule has 0 bridgehead atoms. The van der Waals surface area contributed by atoms with E-state index in [4.69, 9.17) is 0 Å². The summed E-state index contributed by atoms with van der Waals surface area (Å²) >= 11 is 0. The summed E-state index contributed by atoms with van der Waals surface area (Å²) in [6, 6.07) is 0.167. The van der Waals surface area contributed by atoms with Crippen LogP contribution in [-0.2, 0) is 9.59 Å². The average Bonchev–Trinajstić information content (AvgIpc) is 2.66. The fraction of sp³-hybridized carbons (Fsp3) is 0.857. The number of aliphatic hydroxyl groups excluding tert-OH is 1. The normalized spacial score (nSPS) is 21.4. The molecule has 0 aromatic rings. The van der Waals surface area contributed by atoms with Crippen LogP contribution in [0.15, 0.2) is 0 Å². The van der Waals surface area contributed by atoms with E-state index in [2.05, 4.69) is 0 Å². The SMILES string of the molecule is CC(O)CN(C(=O)C1CC(=O)N(C(C)C)C1)C(C)C. The van der Waals surface area contributed by atoms with Gasteiger partial charge < -0.3 is 14.9 Å². The Morgan fingerprint density at radius 2 is 1.95 bits per heavy atom. The van der Waals surface area contributed by atoms with Crippen LogP contribution in [0.2, 0.25) is 0 Å². The van der Waals surface area contributed by atoms with E-state index in [-0.39, 0.29) is 29.8 Å². The summed E-state index contributed by atoms with van der Waals surface area (Å²) in [5.41, 5.74) is 0. The maximum Gasteiger partial charge on any atom is 0.228 e. The van der Waals surface area contributed by atoms with Gasteiger partial charge in [0.15, 0.2) is 0 Å². The van der Waals surface area contributed by atoms with Gasteiger partial charge in [-0.1, -0.05) is 0 Å². The van der Waals surface area contributed by atoms with Crippen molar-refractivity contribution in [2.45, 2.75) is 59.2 Å². The zero-order chi connectivity index (χ0) is 14.7. The molecule has 1 rings (SSSR count). The Labute approximate surface area is 115 Å². The van der Waals surface area contributed by atoms with E-state index in [0.717, 1.165) is 0 Å². The summed E-state index contributed by atoms with van der Waals surface area (Å²) in [7, 11) is 0. The third kappa shape index (κ3) is 3.93. The second-order valence-electron chi connectivity index (χ2n) is 5.97. The molecule has 1 N–H and O–H groups in total. The molecule has 2 unspecified atom stereocenters. The molecule has 5 nitrogen and oxygen atoms in total. The minimum Gasteiger partial charge on any atom is -0.392 e. The van der Waals surface area contributed by atoms with E-state index in [1.165, 1.54) is 0 Å². The number of amides is 2. The van der Waals surface area contributed by atoms with Gasteiger partial charge >= 0.3 is 0 Å². The standard InChI is InChI=1S/C14H26N2O3/c1-9(2)15-8-12(6-13(15)18)14(19)16(10(3)4)7-11(5)17/h9-12,17H,6-8H2,1-5H3. The topological polar surface area (TPSA) is 60.9 Å². The number of hydrogen-bond acceptors (Lipinski definition) is 3. The Balaban J connectivity index is 2.74. The summed E-state index contributed by atoms with van der Waals surface area (Å²) < 4.78 is 0. The molecule has 0 spiro atoms. The number of nitrogens with zero attached hydrogens (tertiary/aromatic N) is 2. The molecule has 2 amide bonds. The van der Waals surface area contributed by atoms with Crippen LogP contribution in [0, 0.1) is 5.92 Å². The van der Waals surface area contributed by atoms with Crippen molar-refractivity contribution in [3.05, 3.63) is 0 Å². The smallest absolute Gasteiger partial charge is 0.228 e. The molecule has 0 saturated carbocycles. The number of likely N-dealkylation sites (tertiary alicyclic amines) is 1. The minimum atomic E-state index is -0.551. The fourth-order valence-corrected chi connectivity index (χ4v) is 2.47. The van der Waals surface area contributed by atoms with Gasteiger partial charge in [-0.2, -0.15) is 0 Å². The van der Waals surface area contributed by atoms with Gasteiger partial charge in [-0.15, -0.1) is 0 Å². The highest BCUT2D eigenvalue weighted by atomic mass is 16.3. The molecule has 0 aliphatic carbocycles. The summed E-state index contributed by atoms with van der Waals surface area (Å²) in [6.45, 7) is 10.3. The Kier molecular flexibility index (Phi) is 5.35. The molecule has 0 aromatic carbocycles. The predicted molar refractivity (Wildman–Crippen MR) is 73.5 cm³/mol. The molecule has 1 saturated heterocycles. The number of carbonyl (C=O) groups excluding carboxylic acids is 2. The summed E-state index contributed by atoms with van der Waals surface area (Å²) in [5.74, 6) is -0.238. The van der Waals surface area contributed by atoms with Gasteiger partial charge in [0.2, 0.25) is 11.8 Å². The molecule has 2 atom stereocenters. The first-order valence-electron chi connectivity index (χ1n) is 7.02. The molecule has 19 heavy (non-hydrogen) atoms. The Hall–Kier alpha value is -1.10. The molecule has 0 radical (unpaired) electrons. The van der Waals surface area contributed by atoms with E-state index < -0.39 is 6.10 Å². The maximum atomic E-state index is 12.5. The summed E-state index contributed by atoms with van der Waals surface area (Å²) in [6.07, 6.45) is -0.260. The first-order valence-corrected chi connectivity index (χ1v) is 7.02. The molecule has 1 fully saturated rings. The van der Waals surface area contributed by atoms with Crippen molar-refractivity contribution in [3.63, 3.8) is 0 Å². The van der Waals surface area contributed by atoms with Crippen molar-refractivity contribution >= 4 is 11.8 Å². The van der Waals surface area contributed by atoms with Crippen LogP contribution in [0.5, 0.6) is 0 Å². The molecule has 1 aliphatic heterocycles. The van der Waals surface area contributed by atoms with E-state index in [9.17, 15) is 14.7 Å². The van der Waals surface area contributed by atoms with Gasteiger partial charge in [-0.05, 0) is 34.6 Å². The monoisotopic (exact) mass is 270 g/mol. The van der Waals surface area contributed by atoms with Crippen molar-refractivity contribution in [2.75, 3.05) is 13.1 Å². The van der Waals surface area contributed by atoms with Gasteiger partial charge in [0.25, 0.3) is 0 Å². The zero-order valence-electron chi connectivity index (χ0n) is 12.6. The van der Waals surface area contributed by atoms with E-state index in [1.807, 2.05) is 27.7 Å². The third-order valence-corrected chi connectivity index (χ3v) is 3.50. The first kappa shape index (κ1) is 16.0. The zero-order valence-corrected chi connectivity index (χ0v) is 12.6. The molecule has 5 heteroatoms. The average molecular weight is 270 g/mol. The highest BCUT2D eigenvalue weighted by Crippen LogP contribution is 2.23. The minimum absolute atomic E-state index is 0.0209. The van der Waals surface area contributed by atoms with E-state index in [0.29, 0.717) is 19.5 Å². The van der Waals surface area contributed by atoms with Crippen molar-refractivity contribution in [3.8, 4) is 0 Å². The molecule has 110 valence electrons. The molecule has 0 aromatic heterocycles. The van der Waals surface area contributed by atoms with Crippen LogP contribution in [0.1, 0.15) is 41.0 Å². The second kappa shape index (κ2) is 6.37. The van der Waals surface area contributed by atoms with Crippen molar-refractivity contribution < 1.29 is 14.7 Å². The Morgan fingerprint density at radius 3 is 2.32 bits per heavy atom. The van der Waals surface area contributed by atoms with Crippen LogP contribution in [0.4, 0.5) is 0 Å². The van der Waals surface area contributed by atoms with Gasteiger partial charge in [0.1, 0.15) is 0 Å². The lowest BCUT2D eigenvalue weighted by Crippen LogP contribution is -2.45. The van der Waals surface area contributed by atoms with Crippen molar-refractivity contribution in [2.24, 2.45) is 5.92 Å². The van der Waals surface area contributed by atoms with Gasteiger partial charge in [-0.25, -0.2) is 0 Å². The first-order chi connectivity index (χ1) is 8.73. The van der Waals surface area contributed by atoms with Crippen LogP contribution in [-0.4, -0.2) is 58.0 Å². The fourth-order valence-electron chi connectivity index (χ4n) is 2.47. The predicted octanol–water partition coefficient (Wildman–Crippen LogP) is 0.861. The summed E-state index contributed by atoms with van der Waals surface area (Å²) in [4.78, 5) is 27.7. The molecular weight excluding hydrogens is 244 g/mol. The van der Waals surface area contributed by atoms with Crippen LogP contribution in [0.3, 0.4) is 0 Å². The van der Waals surface area contributed by atoms with Gasteiger partial charge in [0, 0.05) is 31.6 Å². The Morgan fingerprint density at radius 1 is 1.37 bits per heavy atom. The van der Waals surface area contributed by atoms with Crippen LogP contribution >= 0.6 is 0 Å². The van der Waals surface area contributed by atoms with E-state index >= 15 is 0 Å². The number of rotatable bonds is 5. The number of carbonyl (C=O) groups is 2. The Bertz CT molecular complexity index is 340. The maximum absolute atomic E-state index is 12.5. The number of hydrogen-bond donors (Lipinski definition) is 1. The lowest BCUT2D eigenvalue weighted by molar-refractivity contribution is -0.138. The largest absolute Gasteiger partial charge is 0.392 e.